The molecule has 0 radical (unpaired) electrons. The van der Waals surface area contributed by atoms with Gasteiger partial charge in [-0.15, -0.1) is 0 Å². The van der Waals surface area contributed by atoms with Crippen LogP contribution in [0.1, 0.15) is 44.9 Å². The monoisotopic (exact) mass is 556 g/mol. The molecular weight excluding hydrogens is 509 g/mol. The Balaban J connectivity index is 1.14. The third-order valence-corrected chi connectivity index (χ3v) is 11.2. The average molecular weight is 557 g/mol. The molecule has 11 heteroatoms. The predicted molar refractivity (Wildman–Crippen MR) is 141 cm³/mol. The van der Waals surface area contributed by atoms with E-state index in [-0.39, 0.29) is 42.4 Å². The number of carbonyl (C=O) groups is 1. The number of nitrogens with zero attached hydrogens (tertiary/aromatic N) is 4. The van der Waals surface area contributed by atoms with Gasteiger partial charge in [0.05, 0.1) is 32.0 Å². The van der Waals surface area contributed by atoms with Crippen LogP contribution >= 0.6 is 0 Å². The van der Waals surface area contributed by atoms with Crippen molar-refractivity contribution in [2.24, 2.45) is 35.0 Å². The van der Waals surface area contributed by atoms with Crippen LogP contribution in [0.4, 0.5) is 13.2 Å². The van der Waals surface area contributed by atoms with Crippen LogP contribution < -0.4 is 10.9 Å². The number of ether oxygens (including phenoxy) is 1. The predicted octanol–water partition coefficient (Wildman–Crippen LogP) is 2.19. The number of hydrogen-bond donors (Lipinski definition) is 2. The molecule has 6 rings (SSSR count). The van der Waals surface area contributed by atoms with Gasteiger partial charge in [-0.1, -0.05) is 6.42 Å². The molecule has 8 nitrogen and oxygen atoms in total. The van der Waals surface area contributed by atoms with Crippen LogP contribution in [0.2, 0.25) is 0 Å². The van der Waals surface area contributed by atoms with E-state index < -0.39 is 23.9 Å². The highest BCUT2D eigenvalue weighted by Gasteiger charge is 2.58. The van der Waals surface area contributed by atoms with Crippen molar-refractivity contribution in [3.8, 4) is 0 Å². The Kier molecular flexibility index (Phi) is 7.96. The van der Waals surface area contributed by atoms with E-state index >= 15 is 0 Å². The molecule has 4 saturated heterocycles. The van der Waals surface area contributed by atoms with E-state index in [0.29, 0.717) is 18.9 Å². The highest BCUT2D eigenvalue weighted by atomic mass is 19.4. The fourth-order valence-corrected chi connectivity index (χ4v) is 8.75. The summed E-state index contributed by atoms with van der Waals surface area (Å²) in [6.07, 6.45) is 1.68. The molecule has 6 aliphatic rings. The quantitative estimate of drug-likeness (QED) is 0.520. The van der Waals surface area contributed by atoms with Gasteiger partial charge in [0.1, 0.15) is 0 Å². The summed E-state index contributed by atoms with van der Waals surface area (Å²) < 4.78 is 48.9. The molecule has 2 aliphatic carbocycles. The summed E-state index contributed by atoms with van der Waals surface area (Å²) in [6, 6.07) is 0.0525. The summed E-state index contributed by atoms with van der Waals surface area (Å²) in [7, 11) is 4.19. The molecule has 0 aromatic carbocycles. The van der Waals surface area contributed by atoms with Crippen molar-refractivity contribution in [2.45, 2.75) is 63.3 Å². The minimum Gasteiger partial charge on any atom is -0.380 e. The lowest BCUT2D eigenvalue weighted by Crippen LogP contribution is -2.56. The smallest absolute Gasteiger partial charge is 0.380 e. The van der Waals surface area contributed by atoms with E-state index in [1.807, 2.05) is 4.90 Å². The van der Waals surface area contributed by atoms with Crippen molar-refractivity contribution in [1.82, 2.24) is 30.5 Å². The van der Waals surface area contributed by atoms with Gasteiger partial charge < -0.3 is 19.4 Å². The zero-order valence-corrected chi connectivity index (χ0v) is 23.6. The minimum absolute atomic E-state index is 0.00304. The van der Waals surface area contributed by atoms with Gasteiger partial charge in [-0.05, 0) is 70.4 Å². The molecule has 1 amide bonds. The number of likely N-dealkylation sites (tertiary alicyclic amines) is 1. The number of hydrogen-bond acceptors (Lipinski definition) is 7. The number of carbonyl (C=O) groups excluding carboxylic acids is 1. The first kappa shape index (κ1) is 28.2. The fraction of sp³-hybridized carbons (Fsp3) is 0.964. The number of rotatable bonds is 6. The van der Waals surface area contributed by atoms with Crippen LogP contribution in [-0.2, 0) is 9.53 Å². The van der Waals surface area contributed by atoms with Gasteiger partial charge in [0.2, 0.25) is 5.91 Å². The maximum atomic E-state index is 14.4. The standard InChI is InChI=1S/C28H47F3N6O2/c1-34-6-8-36(9-7-34)14-19-10-22-23(24(11-19)28(29,30)31)15-37(26(22)38)21-5-3-4-20(12-21)27(16-39-17-27)13-25-33-32-18-35(25)2/h19-25,32-33H,3-18H2,1-2H3. The summed E-state index contributed by atoms with van der Waals surface area (Å²) in [6.45, 7) is 6.94. The Morgan fingerprint density at radius 2 is 1.82 bits per heavy atom. The highest BCUT2D eigenvalue weighted by Crippen LogP contribution is 2.53. The average Bonchev–Trinajstić information content (AvgIpc) is 3.44. The highest BCUT2D eigenvalue weighted by molar-refractivity contribution is 5.82. The van der Waals surface area contributed by atoms with Gasteiger partial charge in [-0.3, -0.25) is 9.69 Å². The SMILES string of the molecule is CN1CCN(CC2CC3C(=O)N(C4CCCC(C5(CC6NNCN6C)COC5)C4)CC3C(C(F)(F)F)C2)CC1. The van der Waals surface area contributed by atoms with Gasteiger partial charge in [-0.25, -0.2) is 10.9 Å². The summed E-state index contributed by atoms with van der Waals surface area (Å²) in [5, 5.41) is 0. The molecule has 0 aromatic rings. The molecular formula is C28H47F3N6O2. The van der Waals surface area contributed by atoms with Crippen LogP contribution in [-0.4, -0.2) is 117 Å². The molecule has 4 aliphatic heterocycles. The van der Waals surface area contributed by atoms with E-state index in [9.17, 15) is 18.0 Å². The van der Waals surface area contributed by atoms with E-state index in [4.69, 9.17) is 4.74 Å². The van der Waals surface area contributed by atoms with E-state index in [2.05, 4.69) is 39.6 Å². The lowest BCUT2D eigenvalue weighted by molar-refractivity contribution is -0.204. The molecule has 222 valence electrons. The number of halogens is 3. The number of amides is 1. The van der Waals surface area contributed by atoms with Gasteiger partial charge in [0, 0.05) is 56.6 Å². The van der Waals surface area contributed by atoms with Crippen molar-refractivity contribution in [3.63, 3.8) is 0 Å². The second kappa shape index (κ2) is 11.0. The fourth-order valence-electron chi connectivity index (χ4n) is 8.75. The summed E-state index contributed by atoms with van der Waals surface area (Å²) in [4.78, 5) is 22.6. The molecule has 0 spiro atoms. The summed E-state index contributed by atoms with van der Waals surface area (Å²) in [5.74, 6) is -2.08. The number of hydrazine groups is 1. The zero-order chi connectivity index (χ0) is 27.4. The number of nitrogens with one attached hydrogen (secondary N) is 2. The molecule has 4 heterocycles. The molecule has 0 aromatic heterocycles. The number of alkyl halides is 3. The lowest BCUT2D eigenvalue weighted by atomic mass is 9.64. The van der Waals surface area contributed by atoms with Crippen molar-refractivity contribution in [1.29, 1.82) is 0 Å². The third kappa shape index (κ3) is 5.60. The number of likely N-dealkylation sites (N-methyl/N-ethyl adjacent to an activating group) is 1. The first-order valence-corrected chi connectivity index (χ1v) is 15.2. The molecule has 7 unspecified atom stereocenters. The second-order valence-corrected chi connectivity index (χ2v) is 13.7. The Labute approximate surface area is 230 Å². The lowest BCUT2D eigenvalue weighted by Gasteiger charge is -2.52. The third-order valence-electron chi connectivity index (χ3n) is 11.2. The molecule has 7 atom stereocenters. The maximum Gasteiger partial charge on any atom is 0.392 e. The minimum atomic E-state index is -4.25. The molecule has 6 fully saturated rings. The Hall–Kier alpha value is -0.980. The Morgan fingerprint density at radius 3 is 2.46 bits per heavy atom. The topological polar surface area (TPSA) is 63.3 Å². The normalized spacial score (nSPS) is 40.6. The molecule has 39 heavy (non-hydrogen) atoms. The number of fused-ring (bicyclic) bond motifs is 1. The summed E-state index contributed by atoms with van der Waals surface area (Å²) >= 11 is 0. The van der Waals surface area contributed by atoms with Crippen molar-refractivity contribution in [3.05, 3.63) is 0 Å². The van der Waals surface area contributed by atoms with Crippen LogP contribution in [0.5, 0.6) is 0 Å². The van der Waals surface area contributed by atoms with Crippen molar-refractivity contribution >= 4 is 5.91 Å². The second-order valence-electron chi connectivity index (χ2n) is 13.7. The van der Waals surface area contributed by atoms with E-state index in [1.54, 1.807) is 0 Å². The molecule has 0 bridgehead atoms. The van der Waals surface area contributed by atoms with Crippen LogP contribution in [0, 0.1) is 35.0 Å². The van der Waals surface area contributed by atoms with Crippen LogP contribution in [0.15, 0.2) is 0 Å². The zero-order valence-electron chi connectivity index (χ0n) is 23.6. The largest absolute Gasteiger partial charge is 0.392 e. The first-order chi connectivity index (χ1) is 18.6. The maximum absolute atomic E-state index is 14.4. The molecule has 2 saturated carbocycles. The molecule has 2 N–H and O–H groups in total. The van der Waals surface area contributed by atoms with Gasteiger partial charge in [-0.2, -0.15) is 13.2 Å². The van der Waals surface area contributed by atoms with Gasteiger partial charge in [0.15, 0.2) is 0 Å². The summed E-state index contributed by atoms with van der Waals surface area (Å²) in [5.41, 5.74) is 6.67. The first-order valence-electron chi connectivity index (χ1n) is 15.2. The Morgan fingerprint density at radius 1 is 1.05 bits per heavy atom. The van der Waals surface area contributed by atoms with E-state index in [0.717, 1.165) is 78.2 Å². The van der Waals surface area contributed by atoms with Crippen LogP contribution in [0.3, 0.4) is 0 Å². The van der Waals surface area contributed by atoms with Gasteiger partial charge in [0.25, 0.3) is 0 Å². The van der Waals surface area contributed by atoms with Crippen LogP contribution in [0.25, 0.3) is 0 Å². The number of piperazine rings is 1. The van der Waals surface area contributed by atoms with E-state index in [1.165, 1.54) is 0 Å². The van der Waals surface area contributed by atoms with Crippen molar-refractivity contribution < 1.29 is 22.7 Å². The van der Waals surface area contributed by atoms with Crippen molar-refractivity contribution in [2.75, 3.05) is 73.2 Å². The Bertz CT molecular complexity index is 880. The van der Waals surface area contributed by atoms with Gasteiger partial charge >= 0.3 is 6.18 Å².